The largest absolute Gasteiger partial charge is 0.436 e. The van der Waals surface area contributed by atoms with Crippen molar-refractivity contribution in [2.24, 2.45) is 0 Å². The Kier molecular flexibility index (Phi) is 6.00. The van der Waals surface area contributed by atoms with E-state index in [1.54, 1.807) is 79.1 Å². The fraction of sp³-hybridized carbons (Fsp3) is 0.0370. The summed E-state index contributed by atoms with van der Waals surface area (Å²) in [6.07, 6.45) is 4.63. The number of nitrogens with one attached hydrogen (secondary N) is 1. The van der Waals surface area contributed by atoms with E-state index in [4.69, 9.17) is 9.15 Å². The standard InChI is InChI=1S/C27H19FN4O3/c1-17-15-18(34-27-29-13-6-14-30-27)11-12-23(17)32-25(33)19-7-2-3-8-20(19)26-31-16-24(35-26)21-9-4-5-10-22(21)28/h2-16H,1H3,(H,32,33). The molecular weight excluding hydrogens is 447 g/mol. The number of hydrogen-bond acceptors (Lipinski definition) is 6. The van der Waals surface area contributed by atoms with E-state index in [1.807, 2.05) is 6.92 Å². The predicted octanol–water partition coefficient (Wildman–Crippen LogP) is 6.29. The molecule has 0 aliphatic carbocycles. The predicted molar refractivity (Wildman–Crippen MR) is 129 cm³/mol. The van der Waals surface area contributed by atoms with Gasteiger partial charge in [-0.25, -0.2) is 19.3 Å². The van der Waals surface area contributed by atoms with Crippen LogP contribution in [0.5, 0.6) is 11.8 Å². The number of aryl methyl sites for hydroxylation is 1. The molecule has 0 fully saturated rings. The highest BCUT2D eigenvalue weighted by Crippen LogP contribution is 2.30. The maximum Gasteiger partial charge on any atom is 0.321 e. The smallest absolute Gasteiger partial charge is 0.321 e. The molecule has 0 aliphatic heterocycles. The lowest BCUT2D eigenvalue weighted by Gasteiger charge is -2.12. The molecule has 2 heterocycles. The number of oxazole rings is 1. The van der Waals surface area contributed by atoms with Gasteiger partial charge in [0.15, 0.2) is 5.76 Å². The Balaban J connectivity index is 1.38. The molecule has 8 heteroatoms. The SMILES string of the molecule is Cc1cc(Oc2ncccn2)ccc1NC(=O)c1ccccc1-c1ncc(-c2ccccc2F)o1. The van der Waals surface area contributed by atoms with Crippen LogP contribution in [0.15, 0.2) is 95.8 Å². The van der Waals surface area contributed by atoms with Crippen molar-refractivity contribution in [1.82, 2.24) is 15.0 Å². The van der Waals surface area contributed by atoms with Gasteiger partial charge in [0.2, 0.25) is 5.89 Å². The zero-order valence-electron chi connectivity index (χ0n) is 18.6. The Hall–Kier alpha value is -4.85. The average Bonchev–Trinajstić information content (AvgIpc) is 3.36. The van der Waals surface area contributed by atoms with Crippen molar-refractivity contribution in [1.29, 1.82) is 0 Å². The molecule has 7 nitrogen and oxygen atoms in total. The van der Waals surface area contributed by atoms with Gasteiger partial charge < -0.3 is 14.5 Å². The van der Waals surface area contributed by atoms with Gasteiger partial charge in [-0.15, -0.1) is 0 Å². The fourth-order valence-corrected chi connectivity index (χ4v) is 3.52. The number of amides is 1. The van der Waals surface area contributed by atoms with Crippen LogP contribution < -0.4 is 10.1 Å². The number of anilines is 1. The van der Waals surface area contributed by atoms with Gasteiger partial charge in [0.1, 0.15) is 11.6 Å². The van der Waals surface area contributed by atoms with Crippen molar-refractivity contribution in [2.75, 3.05) is 5.32 Å². The van der Waals surface area contributed by atoms with Crippen LogP contribution in [0.3, 0.4) is 0 Å². The van der Waals surface area contributed by atoms with Crippen molar-refractivity contribution in [3.63, 3.8) is 0 Å². The first-order chi connectivity index (χ1) is 17.1. The molecule has 0 unspecified atom stereocenters. The third-order valence-electron chi connectivity index (χ3n) is 5.24. The molecule has 2 aromatic heterocycles. The van der Waals surface area contributed by atoms with Gasteiger partial charge in [0.25, 0.3) is 5.91 Å². The molecule has 5 aromatic rings. The van der Waals surface area contributed by atoms with Gasteiger partial charge in [-0.3, -0.25) is 4.79 Å². The molecule has 1 amide bonds. The molecule has 0 aliphatic rings. The van der Waals surface area contributed by atoms with Gasteiger partial charge in [0.05, 0.1) is 17.3 Å². The summed E-state index contributed by atoms with van der Waals surface area (Å²) in [6, 6.07) is 20.4. The number of ether oxygens (including phenoxy) is 1. The second-order valence-electron chi connectivity index (χ2n) is 7.62. The Labute approximate surface area is 200 Å². The van der Waals surface area contributed by atoms with Crippen LogP contribution in [-0.4, -0.2) is 20.9 Å². The maximum absolute atomic E-state index is 14.2. The van der Waals surface area contributed by atoms with E-state index in [9.17, 15) is 9.18 Å². The van der Waals surface area contributed by atoms with Gasteiger partial charge in [-0.1, -0.05) is 24.3 Å². The van der Waals surface area contributed by atoms with Crippen LogP contribution in [0.4, 0.5) is 10.1 Å². The summed E-state index contributed by atoms with van der Waals surface area (Å²) >= 11 is 0. The van der Waals surface area contributed by atoms with Gasteiger partial charge in [-0.2, -0.15) is 0 Å². The lowest BCUT2D eigenvalue weighted by Crippen LogP contribution is -2.14. The van der Waals surface area contributed by atoms with Gasteiger partial charge >= 0.3 is 6.01 Å². The number of hydrogen-bond donors (Lipinski definition) is 1. The van der Waals surface area contributed by atoms with Crippen molar-refractivity contribution in [3.05, 3.63) is 108 Å². The number of nitrogens with zero attached hydrogens (tertiary/aromatic N) is 3. The maximum atomic E-state index is 14.2. The Morgan fingerprint density at radius 1 is 0.914 bits per heavy atom. The average molecular weight is 466 g/mol. The summed E-state index contributed by atoms with van der Waals surface area (Å²) < 4.78 is 25.6. The van der Waals surface area contributed by atoms with Crippen LogP contribution in [0.1, 0.15) is 15.9 Å². The Morgan fingerprint density at radius 3 is 2.43 bits per heavy atom. The highest BCUT2D eigenvalue weighted by atomic mass is 19.1. The minimum absolute atomic E-state index is 0.220. The molecule has 0 saturated carbocycles. The van der Waals surface area contributed by atoms with Crippen molar-refractivity contribution in [2.45, 2.75) is 6.92 Å². The van der Waals surface area contributed by atoms with E-state index in [-0.39, 0.29) is 23.6 Å². The molecule has 0 atom stereocenters. The number of rotatable bonds is 6. The highest BCUT2D eigenvalue weighted by Gasteiger charge is 2.18. The summed E-state index contributed by atoms with van der Waals surface area (Å²) in [5, 5.41) is 2.92. The third kappa shape index (κ3) is 4.77. The minimum Gasteiger partial charge on any atom is -0.436 e. The summed E-state index contributed by atoms with van der Waals surface area (Å²) in [5.41, 5.74) is 2.57. The van der Waals surface area contributed by atoms with Crippen molar-refractivity contribution >= 4 is 11.6 Å². The first kappa shape index (κ1) is 22.0. The van der Waals surface area contributed by atoms with Crippen molar-refractivity contribution < 1.29 is 18.3 Å². The molecule has 0 bridgehead atoms. The van der Waals surface area contributed by atoms with Crippen LogP contribution >= 0.6 is 0 Å². The zero-order chi connectivity index (χ0) is 24.2. The molecule has 5 rings (SSSR count). The lowest BCUT2D eigenvalue weighted by molar-refractivity contribution is 0.102. The summed E-state index contributed by atoms with van der Waals surface area (Å²) in [5.74, 6) is 0.296. The first-order valence-corrected chi connectivity index (χ1v) is 10.8. The Bertz CT molecular complexity index is 1500. The van der Waals surface area contributed by atoms with Crippen LogP contribution in [0, 0.1) is 12.7 Å². The van der Waals surface area contributed by atoms with Gasteiger partial charge in [0, 0.05) is 23.6 Å². The third-order valence-corrected chi connectivity index (χ3v) is 5.24. The van der Waals surface area contributed by atoms with E-state index >= 15 is 0 Å². The molecular formula is C27H19FN4O3. The fourth-order valence-electron chi connectivity index (χ4n) is 3.52. The van der Waals surface area contributed by atoms with Crippen LogP contribution in [0.2, 0.25) is 0 Å². The van der Waals surface area contributed by atoms with Crippen LogP contribution in [-0.2, 0) is 0 Å². The quantitative estimate of drug-likeness (QED) is 0.316. The molecule has 35 heavy (non-hydrogen) atoms. The second-order valence-corrected chi connectivity index (χ2v) is 7.62. The minimum atomic E-state index is -0.414. The topological polar surface area (TPSA) is 90.1 Å². The summed E-state index contributed by atoms with van der Waals surface area (Å²) in [6.45, 7) is 1.86. The zero-order valence-corrected chi connectivity index (χ0v) is 18.6. The van der Waals surface area contributed by atoms with Gasteiger partial charge in [-0.05, 0) is 61.0 Å². The first-order valence-electron chi connectivity index (χ1n) is 10.8. The number of carbonyl (C=O) groups is 1. The van der Waals surface area contributed by atoms with E-state index in [1.165, 1.54) is 12.3 Å². The molecule has 0 spiro atoms. The number of benzene rings is 3. The van der Waals surface area contributed by atoms with Crippen LogP contribution in [0.25, 0.3) is 22.8 Å². The summed E-state index contributed by atoms with van der Waals surface area (Å²) in [7, 11) is 0. The normalized spacial score (nSPS) is 10.7. The van der Waals surface area contributed by atoms with E-state index in [0.29, 0.717) is 28.1 Å². The summed E-state index contributed by atoms with van der Waals surface area (Å²) in [4.78, 5) is 25.5. The molecule has 0 saturated heterocycles. The number of halogens is 1. The van der Waals surface area contributed by atoms with E-state index in [0.717, 1.165) is 5.56 Å². The number of carbonyl (C=O) groups excluding carboxylic acids is 1. The Morgan fingerprint density at radius 2 is 1.66 bits per heavy atom. The van der Waals surface area contributed by atoms with Crippen molar-refractivity contribution in [3.8, 4) is 34.5 Å². The monoisotopic (exact) mass is 466 g/mol. The van der Waals surface area contributed by atoms with E-state index < -0.39 is 5.82 Å². The lowest BCUT2D eigenvalue weighted by atomic mass is 10.1. The van der Waals surface area contributed by atoms with E-state index in [2.05, 4.69) is 20.3 Å². The molecule has 3 aromatic carbocycles. The second kappa shape index (κ2) is 9.56. The number of aromatic nitrogens is 3. The molecule has 1 N–H and O–H groups in total. The molecule has 172 valence electrons. The molecule has 0 radical (unpaired) electrons. The highest BCUT2D eigenvalue weighted by molar-refractivity contribution is 6.08.